The van der Waals surface area contributed by atoms with Gasteiger partial charge in [-0.2, -0.15) is 0 Å². The molecule has 0 bridgehead atoms. The molecule has 0 aliphatic rings. The molecular formula is C34H31N3O5. The standard InChI is InChI=1S/C34H31N3O5/c1-41-32(39)30(36-33(40)42-23-25-14-6-2-7-15-25)31(38)29-22-37(24-35-29)34(26-16-8-3-9-17-26,27-18-10-4-11-19-27)28-20-12-5-13-21-28/h2-22,24,30-31,38H,23H2,1H3,(H,36,40)/t30-,31-/m0/s1. The molecule has 1 aromatic heterocycles. The molecule has 212 valence electrons. The lowest BCUT2D eigenvalue weighted by molar-refractivity contribution is -0.146. The number of methoxy groups -OCH3 is 1. The fraction of sp³-hybridized carbons (Fsp3) is 0.147. The van der Waals surface area contributed by atoms with Crippen molar-refractivity contribution < 1.29 is 24.2 Å². The number of hydrogen-bond acceptors (Lipinski definition) is 6. The summed E-state index contributed by atoms with van der Waals surface area (Å²) in [7, 11) is 1.18. The molecule has 42 heavy (non-hydrogen) atoms. The van der Waals surface area contributed by atoms with Gasteiger partial charge in [-0.3, -0.25) is 0 Å². The van der Waals surface area contributed by atoms with Gasteiger partial charge in [0.25, 0.3) is 0 Å². The van der Waals surface area contributed by atoms with Gasteiger partial charge in [-0.1, -0.05) is 121 Å². The molecule has 8 heteroatoms. The molecule has 0 fully saturated rings. The fourth-order valence-corrected chi connectivity index (χ4v) is 5.12. The van der Waals surface area contributed by atoms with Crippen LogP contribution in [0.5, 0.6) is 0 Å². The number of hydrogen-bond donors (Lipinski definition) is 2. The van der Waals surface area contributed by atoms with E-state index in [9.17, 15) is 14.7 Å². The van der Waals surface area contributed by atoms with E-state index in [1.807, 2.05) is 126 Å². The Labute approximate surface area is 244 Å². The Hall–Kier alpha value is -5.21. The molecular weight excluding hydrogens is 530 g/mol. The van der Waals surface area contributed by atoms with Crippen LogP contribution in [-0.2, 0) is 26.4 Å². The maximum absolute atomic E-state index is 12.7. The van der Waals surface area contributed by atoms with E-state index in [2.05, 4.69) is 10.3 Å². The summed E-state index contributed by atoms with van der Waals surface area (Å²) in [6, 6.07) is 37.6. The number of carbonyl (C=O) groups is 2. The van der Waals surface area contributed by atoms with Crippen LogP contribution in [0.1, 0.15) is 34.1 Å². The second kappa shape index (κ2) is 13.0. The predicted molar refractivity (Wildman–Crippen MR) is 157 cm³/mol. The first-order chi connectivity index (χ1) is 20.5. The third-order valence-electron chi connectivity index (χ3n) is 7.12. The summed E-state index contributed by atoms with van der Waals surface area (Å²) in [5.41, 5.74) is 2.98. The molecule has 0 spiro atoms. The van der Waals surface area contributed by atoms with E-state index >= 15 is 0 Å². The molecule has 0 unspecified atom stereocenters. The van der Waals surface area contributed by atoms with Crippen molar-refractivity contribution in [2.24, 2.45) is 0 Å². The van der Waals surface area contributed by atoms with E-state index in [0.29, 0.717) is 0 Å². The molecule has 4 aromatic carbocycles. The monoisotopic (exact) mass is 561 g/mol. The number of aliphatic hydroxyl groups is 1. The number of alkyl carbamates (subject to hydrolysis) is 1. The summed E-state index contributed by atoms with van der Waals surface area (Å²) in [4.78, 5) is 29.9. The first kappa shape index (κ1) is 28.3. The number of rotatable bonds is 10. The number of carbonyl (C=O) groups excluding carboxylic acids is 2. The maximum atomic E-state index is 12.7. The Kier molecular flexibility index (Phi) is 8.75. The maximum Gasteiger partial charge on any atom is 0.408 e. The number of nitrogens with zero attached hydrogens (tertiary/aromatic N) is 2. The molecule has 0 aliphatic carbocycles. The van der Waals surface area contributed by atoms with Crippen LogP contribution in [0.15, 0.2) is 134 Å². The number of benzene rings is 4. The van der Waals surface area contributed by atoms with Crippen molar-refractivity contribution in [1.82, 2.24) is 14.9 Å². The van der Waals surface area contributed by atoms with Gasteiger partial charge in [0.1, 0.15) is 18.2 Å². The third-order valence-corrected chi connectivity index (χ3v) is 7.12. The number of nitrogens with one attached hydrogen (secondary N) is 1. The largest absolute Gasteiger partial charge is 0.467 e. The van der Waals surface area contributed by atoms with E-state index in [0.717, 1.165) is 22.3 Å². The molecule has 2 atom stereocenters. The zero-order valence-electron chi connectivity index (χ0n) is 23.0. The van der Waals surface area contributed by atoms with Crippen LogP contribution in [0.4, 0.5) is 4.79 Å². The molecule has 8 nitrogen and oxygen atoms in total. The van der Waals surface area contributed by atoms with Crippen LogP contribution in [0.3, 0.4) is 0 Å². The summed E-state index contributed by atoms with van der Waals surface area (Å²) in [5, 5.41) is 13.8. The summed E-state index contributed by atoms with van der Waals surface area (Å²) in [6.45, 7) is -0.000957. The van der Waals surface area contributed by atoms with Gasteiger partial charge in [0, 0.05) is 6.20 Å². The minimum absolute atomic E-state index is 0.000957. The van der Waals surface area contributed by atoms with Crippen molar-refractivity contribution in [1.29, 1.82) is 0 Å². The number of aliphatic hydroxyl groups excluding tert-OH is 1. The summed E-state index contributed by atoms with van der Waals surface area (Å²) in [6.07, 6.45) is 0.904. The number of ether oxygens (including phenoxy) is 2. The van der Waals surface area contributed by atoms with E-state index < -0.39 is 29.7 Å². The Morgan fingerprint density at radius 3 is 1.76 bits per heavy atom. The predicted octanol–water partition coefficient (Wildman–Crippen LogP) is 5.22. The second-order valence-corrected chi connectivity index (χ2v) is 9.67. The quantitative estimate of drug-likeness (QED) is 0.179. The highest BCUT2D eigenvalue weighted by molar-refractivity contribution is 5.82. The molecule has 0 saturated heterocycles. The number of esters is 1. The van der Waals surface area contributed by atoms with Crippen molar-refractivity contribution in [2.45, 2.75) is 24.3 Å². The van der Waals surface area contributed by atoms with Gasteiger partial charge >= 0.3 is 12.1 Å². The summed E-state index contributed by atoms with van der Waals surface area (Å²) < 4.78 is 12.1. The molecule has 0 saturated carbocycles. The van der Waals surface area contributed by atoms with Gasteiger partial charge in [-0.15, -0.1) is 0 Å². The van der Waals surface area contributed by atoms with Gasteiger partial charge in [0.15, 0.2) is 6.04 Å². The minimum atomic E-state index is -1.53. The lowest BCUT2D eigenvalue weighted by atomic mass is 9.77. The Balaban J connectivity index is 1.52. The molecule has 1 heterocycles. The molecule has 2 N–H and O–H groups in total. The lowest BCUT2D eigenvalue weighted by Crippen LogP contribution is -2.46. The Morgan fingerprint density at radius 2 is 1.29 bits per heavy atom. The molecule has 5 aromatic rings. The first-order valence-corrected chi connectivity index (χ1v) is 13.5. The normalized spacial score (nSPS) is 12.6. The molecule has 5 rings (SSSR count). The van der Waals surface area contributed by atoms with Crippen LogP contribution in [0, 0.1) is 0 Å². The van der Waals surface area contributed by atoms with Crippen LogP contribution < -0.4 is 5.32 Å². The van der Waals surface area contributed by atoms with Gasteiger partial charge in [-0.05, 0) is 22.3 Å². The van der Waals surface area contributed by atoms with Gasteiger partial charge < -0.3 is 24.5 Å². The van der Waals surface area contributed by atoms with Crippen molar-refractivity contribution in [2.75, 3.05) is 7.11 Å². The van der Waals surface area contributed by atoms with Crippen LogP contribution in [0.2, 0.25) is 0 Å². The topological polar surface area (TPSA) is 103 Å². The van der Waals surface area contributed by atoms with Gasteiger partial charge in [0.05, 0.1) is 19.1 Å². The molecule has 0 radical (unpaired) electrons. The van der Waals surface area contributed by atoms with Crippen LogP contribution in [-0.4, -0.2) is 39.9 Å². The zero-order chi connectivity index (χ0) is 29.4. The summed E-state index contributed by atoms with van der Waals surface area (Å²) >= 11 is 0. The number of aromatic nitrogens is 2. The second-order valence-electron chi connectivity index (χ2n) is 9.67. The highest BCUT2D eigenvalue weighted by Gasteiger charge is 2.40. The van der Waals surface area contributed by atoms with Gasteiger partial charge in [0.2, 0.25) is 0 Å². The zero-order valence-corrected chi connectivity index (χ0v) is 23.0. The highest BCUT2D eigenvalue weighted by atomic mass is 16.6. The van der Waals surface area contributed by atoms with Crippen molar-refractivity contribution >= 4 is 12.1 Å². The van der Waals surface area contributed by atoms with Crippen molar-refractivity contribution in [3.8, 4) is 0 Å². The summed E-state index contributed by atoms with van der Waals surface area (Å²) in [5.74, 6) is -0.839. The molecule has 1 amide bonds. The smallest absolute Gasteiger partial charge is 0.408 e. The van der Waals surface area contributed by atoms with E-state index in [-0.39, 0.29) is 12.3 Å². The number of amides is 1. The van der Waals surface area contributed by atoms with E-state index in [1.54, 1.807) is 12.5 Å². The Bertz CT molecular complexity index is 1500. The number of imidazole rings is 1. The minimum Gasteiger partial charge on any atom is -0.467 e. The average Bonchev–Trinajstić information content (AvgIpc) is 3.55. The van der Waals surface area contributed by atoms with Crippen molar-refractivity contribution in [3.63, 3.8) is 0 Å². The van der Waals surface area contributed by atoms with Gasteiger partial charge in [-0.25, -0.2) is 14.6 Å². The average molecular weight is 562 g/mol. The molecule has 0 aliphatic heterocycles. The Morgan fingerprint density at radius 1 is 0.810 bits per heavy atom. The van der Waals surface area contributed by atoms with E-state index in [4.69, 9.17) is 9.47 Å². The third kappa shape index (κ3) is 5.80. The van der Waals surface area contributed by atoms with Crippen LogP contribution >= 0.6 is 0 Å². The highest BCUT2D eigenvalue weighted by Crippen LogP contribution is 2.41. The van der Waals surface area contributed by atoms with E-state index in [1.165, 1.54) is 7.11 Å². The lowest BCUT2D eigenvalue weighted by Gasteiger charge is -2.37. The fourth-order valence-electron chi connectivity index (χ4n) is 5.12. The first-order valence-electron chi connectivity index (χ1n) is 13.5. The van der Waals surface area contributed by atoms with Crippen molar-refractivity contribution in [3.05, 3.63) is 162 Å². The van der Waals surface area contributed by atoms with Crippen LogP contribution in [0.25, 0.3) is 0 Å². The SMILES string of the molecule is COC(=O)[C@@H](NC(=O)OCc1ccccc1)[C@@H](O)c1cn(C(c2ccccc2)(c2ccccc2)c2ccccc2)cn1.